The summed E-state index contributed by atoms with van der Waals surface area (Å²) in [6.07, 6.45) is 2.93. The third kappa shape index (κ3) is 4.60. The molecule has 1 aromatic heterocycles. The molecule has 2 saturated heterocycles. The van der Waals surface area contributed by atoms with Crippen LogP contribution >= 0.6 is 0 Å². The molecule has 2 aliphatic heterocycles. The molecule has 2 aromatic rings. The van der Waals surface area contributed by atoms with Gasteiger partial charge in [-0.3, -0.25) is 4.79 Å². The summed E-state index contributed by atoms with van der Waals surface area (Å²) in [5, 5.41) is 0. The van der Waals surface area contributed by atoms with Crippen LogP contribution in [0.15, 0.2) is 47.5 Å². The molecule has 0 radical (unpaired) electrons. The molecule has 3 heterocycles. The van der Waals surface area contributed by atoms with Crippen LogP contribution in [0.2, 0.25) is 0 Å². The summed E-state index contributed by atoms with van der Waals surface area (Å²) in [5.41, 5.74) is 1.81. The number of aromatic nitrogens is 1. The van der Waals surface area contributed by atoms with E-state index in [1.54, 1.807) is 12.3 Å². The van der Waals surface area contributed by atoms with E-state index in [1.807, 2.05) is 49.1 Å². The fourth-order valence-corrected chi connectivity index (χ4v) is 6.20. The van der Waals surface area contributed by atoms with Crippen LogP contribution in [0.1, 0.15) is 24.0 Å². The summed E-state index contributed by atoms with van der Waals surface area (Å²) in [7, 11) is -3.53. The zero-order valence-electron chi connectivity index (χ0n) is 18.2. The summed E-state index contributed by atoms with van der Waals surface area (Å²) < 4.78 is 27.7. The Labute approximate surface area is 184 Å². The SMILES string of the molecule is Cc1ccc(S(=O)(=O)N2CCC(C(=O)N3CCN(c4ccccn4)CC3)CC2)c(C)c1. The number of sulfonamides is 1. The number of hydrogen-bond acceptors (Lipinski definition) is 5. The number of nitrogens with zero attached hydrogens (tertiary/aromatic N) is 4. The molecule has 0 aliphatic carbocycles. The van der Waals surface area contributed by atoms with Gasteiger partial charge >= 0.3 is 0 Å². The molecule has 1 aromatic carbocycles. The van der Waals surface area contributed by atoms with Gasteiger partial charge in [-0.15, -0.1) is 0 Å². The number of rotatable bonds is 4. The Morgan fingerprint density at radius 1 is 0.968 bits per heavy atom. The molecule has 7 nitrogen and oxygen atoms in total. The van der Waals surface area contributed by atoms with Crippen molar-refractivity contribution in [3.8, 4) is 0 Å². The van der Waals surface area contributed by atoms with Crippen LogP contribution in [-0.4, -0.2) is 67.8 Å². The molecule has 0 N–H and O–H groups in total. The van der Waals surface area contributed by atoms with E-state index in [1.165, 1.54) is 4.31 Å². The van der Waals surface area contributed by atoms with E-state index in [2.05, 4.69) is 9.88 Å². The number of carbonyl (C=O) groups excluding carboxylic acids is 1. The number of piperidine rings is 1. The molecule has 0 atom stereocenters. The van der Waals surface area contributed by atoms with Crippen molar-refractivity contribution in [1.29, 1.82) is 0 Å². The van der Waals surface area contributed by atoms with Gasteiger partial charge in [0.2, 0.25) is 15.9 Å². The van der Waals surface area contributed by atoms with Gasteiger partial charge in [0.05, 0.1) is 4.90 Å². The van der Waals surface area contributed by atoms with E-state index in [0.29, 0.717) is 43.9 Å². The first-order chi connectivity index (χ1) is 14.9. The first-order valence-corrected chi connectivity index (χ1v) is 12.3. The van der Waals surface area contributed by atoms with Crippen LogP contribution in [0, 0.1) is 19.8 Å². The molecule has 0 saturated carbocycles. The van der Waals surface area contributed by atoms with Gasteiger partial charge in [-0.05, 0) is 50.5 Å². The van der Waals surface area contributed by atoms with E-state index in [9.17, 15) is 13.2 Å². The quantitative estimate of drug-likeness (QED) is 0.727. The lowest BCUT2D eigenvalue weighted by Crippen LogP contribution is -2.52. The summed E-state index contributed by atoms with van der Waals surface area (Å²) >= 11 is 0. The molecule has 0 bridgehead atoms. The van der Waals surface area contributed by atoms with Gasteiger partial charge < -0.3 is 9.80 Å². The Morgan fingerprint density at radius 2 is 1.68 bits per heavy atom. The van der Waals surface area contributed by atoms with Crippen LogP contribution in [0.5, 0.6) is 0 Å². The zero-order valence-corrected chi connectivity index (χ0v) is 19.0. The van der Waals surface area contributed by atoms with Crippen LogP contribution in [0.4, 0.5) is 5.82 Å². The van der Waals surface area contributed by atoms with Crippen molar-refractivity contribution in [2.24, 2.45) is 5.92 Å². The molecule has 2 aliphatic rings. The molecule has 2 fully saturated rings. The van der Waals surface area contributed by atoms with Crippen molar-refractivity contribution >= 4 is 21.7 Å². The molecule has 8 heteroatoms. The van der Waals surface area contributed by atoms with Crippen LogP contribution in [0.3, 0.4) is 0 Å². The van der Waals surface area contributed by atoms with Crippen molar-refractivity contribution in [1.82, 2.24) is 14.2 Å². The Kier molecular flexibility index (Phi) is 6.29. The monoisotopic (exact) mass is 442 g/mol. The number of piperazine rings is 1. The van der Waals surface area contributed by atoms with Gasteiger partial charge in [-0.1, -0.05) is 23.8 Å². The van der Waals surface area contributed by atoms with Crippen LogP contribution in [0.25, 0.3) is 0 Å². The minimum atomic E-state index is -3.53. The second kappa shape index (κ2) is 8.96. The molecule has 166 valence electrons. The number of anilines is 1. The van der Waals surface area contributed by atoms with Gasteiger partial charge in [-0.2, -0.15) is 4.31 Å². The lowest BCUT2D eigenvalue weighted by molar-refractivity contribution is -0.137. The molecule has 0 unspecified atom stereocenters. The summed E-state index contributed by atoms with van der Waals surface area (Å²) in [6.45, 7) is 7.45. The van der Waals surface area contributed by atoms with Crippen molar-refractivity contribution in [3.63, 3.8) is 0 Å². The fourth-order valence-electron chi connectivity index (χ4n) is 4.53. The minimum absolute atomic E-state index is 0.105. The number of aryl methyl sites for hydroxylation is 2. The van der Waals surface area contributed by atoms with Gasteiger partial charge in [0, 0.05) is 51.4 Å². The summed E-state index contributed by atoms with van der Waals surface area (Å²) in [6, 6.07) is 11.3. The highest BCUT2D eigenvalue weighted by Gasteiger charge is 2.35. The highest BCUT2D eigenvalue weighted by Crippen LogP contribution is 2.27. The van der Waals surface area contributed by atoms with E-state index in [-0.39, 0.29) is 11.8 Å². The smallest absolute Gasteiger partial charge is 0.243 e. The van der Waals surface area contributed by atoms with Crippen molar-refractivity contribution in [2.45, 2.75) is 31.6 Å². The Balaban J connectivity index is 1.33. The molecule has 0 spiro atoms. The predicted molar refractivity (Wildman–Crippen MR) is 120 cm³/mol. The standard InChI is InChI=1S/C23H30N4O3S/c1-18-6-7-21(19(2)17-18)31(29,30)27-11-8-20(9-12-27)23(28)26-15-13-25(14-16-26)22-5-3-4-10-24-22/h3-7,10,17,20H,8-9,11-16H2,1-2H3. The molecule has 31 heavy (non-hydrogen) atoms. The molecular weight excluding hydrogens is 412 g/mol. The Morgan fingerprint density at radius 3 is 2.29 bits per heavy atom. The number of pyridine rings is 1. The van der Waals surface area contributed by atoms with Crippen LogP contribution < -0.4 is 4.90 Å². The maximum Gasteiger partial charge on any atom is 0.243 e. The topological polar surface area (TPSA) is 73.8 Å². The Hall–Kier alpha value is -2.45. The second-order valence-electron chi connectivity index (χ2n) is 8.45. The van der Waals surface area contributed by atoms with Gasteiger partial charge in [0.1, 0.15) is 5.82 Å². The fraction of sp³-hybridized carbons (Fsp3) is 0.478. The minimum Gasteiger partial charge on any atom is -0.353 e. The van der Waals surface area contributed by atoms with E-state index < -0.39 is 10.0 Å². The number of amides is 1. The third-order valence-electron chi connectivity index (χ3n) is 6.32. The lowest BCUT2D eigenvalue weighted by atomic mass is 9.96. The average Bonchev–Trinajstić information content (AvgIpc) is 2.79. The predicted octanol–water partition coefficient (Wildman–Crippen LogP) is 2.45. The van der Waals surface area contributed by atoms with Gasteiger partial charge in [0.25, 0.3) is 0 Å². The molecular formula is C23H30N4O3S. The normalized spacial score (nSPS) is 18.9. The van der Waals surface area contributed by atoms with Crippen molar-refractivity contribution in [2.75, 3.05) is 44.2 Å². The lowest BCUT2D eigenvalue weighted by Gasteiger charge is -2.38. The highest BCUT2D eigenvalue weighted by atomic mass is 32.2. The van der Waals surface area contributed by atoms with Gasteiger partial charge in [0.15, 0.2) is 0 Å². The molecule has 1 amide bonds. The third-order valence-corrected chi connectivity index (χ3v) is 8.37. The summed E-state index contributed by atoms with van der Waals surface area (Å²) in [5.74, 6) is 0.996. The highest BCUT2D eigenvalue weighted by molar-refractivity contribution is 7.89. The first kappa shape index (κ1) is 21.8. The van der Waals surface area contributed by atoms with Crippen molar-refractivity contribution < 1.29 is 13.2 Å². The first-order valence-electron chi connectivity index (χ1n) is 10.9. The maximum atomic E-state index is 13.1. The summed E-state index contributed by atoms with van der Waals surface area (Å²) in [4.78, 5) is 21.9. The maximum absolute atomic E-state index is 13.1. The largest absolute Gasteiger partial charge is 0.353 e. The number of benzene rings is 1. The number of carbonyl (C=O) groups is 1. The molecule has 4 rings (SSSR count). The second-order valence-corrected chi connectivity index (χ2v) is 10.4. The van der Waals surface area contributed by atoms with E-state index in [0.717, 1.165) is 30.0 Å². The van der Waals surface area contributed by atoms with E-state index >= 15 is 0 Å². The van der Waals surface area contributed by atoms with Crippen molar-refractivity contribution in [3.05, 3.63) is 53.7 Å². The zero-order chi connectivity index (χ0) is 22.0. The van der Waals surface area contributed by atoms with Crippen LogP contribution in [-0.2, 0) is 14.8 Å². The Bertz CT molecular complexity index is 1030. The van der Waals surface area contributed by atoms with Gasteiger partial charge in [-0.25, -0.2) is 13.4 Å². The number of hydrogen-bond donors (Lipinski definition) is 0. The van der Waals surface area contributed by atoms with E-state index in [4.69, 9.17) is 0 Å². The average molecular weight is 443 g/mol.